The van der Waals surface area contributed by atoms with Crippen molar-refractivity contribution in [2.75, 3.05) is 13.7 Å². The molecule has 2 N–H and O–H groups in total. The summed E-state index contributed by atoms with van der Waals surface area (Å²) in [7, 11) is 1.41. The number of nitrogens with zero attached hydrogens (tertiary/aromatic N) is 2. The number of methoxy groups -OCH3 is 1. The van der Waals surface area contributed by atoms with Crippen molar-refractivity contribution in [3.8, 4) is 5.69 Å². The van der Waals surface area contributed by atoms with E-state index < -0.39 is 29.7 Å². The fraction of sp³-hybridized carbons (Fsp3) is 0.389. The molecule has 1 aromatic carbocycles. The number of nitrogens with one attached hydrogen (secondary N) is 1. The lowest BCUT2D eigenvalue weighted by Crippen LogP contribution is -2.34. The van der Waals surface area contributed by atoms with E-state index in [4.69, 9.17) is 4.74 Å². The van der Waals surface area contributed by atoms with E-state index in [1.54, 1.807) is 0 Å². The molecule has 7 nitrogen and oxygen atoms in total. The summed E-state index contributed by atoms with van der Waals surface area (Å²) in [5.41, 5.74) is 0.111. The van der Waals surface area contributed by atoms with Crippen LogP contribution in [0.25, 0.3) is 5.69 Å². The van der Waals surface area contributed by atoms with Crippen LogP contribution >= 0.6 is 0 Å². The molecule has 2 rings (SSSR count). The number of amides is 1. The number of benzene rings is 1. The lowest BCUT2D eigenvalue weighted by atomic mass is 10.0. The molecular formula is C18H20F3N3O4. The fourth-order valence-electron chi connectivity index (χ4n) is 2.82. The lowest BCUT2D eigenvalue weighted by molar-refractivity contribution is -0.142. The van der Waals surface area contributed by atoms with E-state index in [1.165, 1.54) is 37.8 Å². The van der Waals surface area contributed by atoms with E-state index >= 15 is 0 Å². The Hall–Kier alpha value is -2.88. The van der Waals surface area contributed by atoms with Gasteiger partial charge in [0, 0.05) is 24.8 Å². The van der Waals surface area contributed by atoms with Crippen LogP contribution in [-0.2, 0) is 20.5 Å². The molecule has 0 spiro atoms. The zero-order chi connectivity index (χ0) is 21.1. The number of hydrogen-bond donors (Lipinski definition) is 2. The van der Waals surface area contributed by atoms with Crippen molar-refractivity contribution >= 4 is 11.9 Å². The van der Waals surface area contributed by atoms with Gasteiger partial charge in [-0.3, -0.25) is 4.79 Å². The highest BCUT2D eigenvalue weighted by atomic mass is 19.4. The monoisotopic (exact) mass is 399 g/mol. The number of hydrogen-bond acceptors (Lipinski definition) is 4. The number of aryl methyl sites for hydroxylation is 1. The topological polar surface area (TPSA) is 93.4 Å². The Labute approximate surface area is 159 Å². The van der Waals surface area contributed by atoms with Crippen LogP contribution in [0.1, 0.15) is 35.0 Å². The van der Waals surface area contributed by atoms with Crippen LogP contribution in [0.5, 0.6) is 0 Å². The molecule has 0 bridgehead atoms. The minimum Gasteiger partial charge on any atom is -0.479 e. The minimum absolute atomic E-state index is 0.0276. The lowest BCUT2D eigenvalue weighted by Gasteiger charge is -2.16. The molecule has 0 aliphatic rings. The highest BCUT2D eigenvalue weighted by Crippen LogP contribution is 2.31. The molecule has 0 fully saturated rings. The summed E-state index contributed by atoms with van der Waals surface area (Å²) in [5, 5.41) is 16.1. The first-order chi connectivity index (χ1) is 13.1. The van der Waals surface area contributed by atoms with Gasteiger partial charge < -0.3 is 15.2 Å². The second kappa shape index (κ2) is 8.42. The first-order valence-electron chi connectivity index (χ1n) is 8.31. The molecule has 2 aromatic rings. The van der Waals surface area contributed by atoms with Crippen LogP contribution in [0.4, 0.5) is 13.2 Å². The molecule has 0 radical (unpaired) electrons. The Morgan fingerprint density at radius 1 is 1.32 bits per heavy atom. The van der Waals surface area contributed by atoms with Crippen LogP contribution in [0.2, 0.25) is 0 Å². The second-order valence-corrected chi connectivity index (χ2v) is 6.13. The number of carbonyl (C=O) groups excluding carboxylic acids is 1. The van der Waals surface area contributed by atoms with E-state index in [0.29, 0.717) is 5.69 Å². The summed E-state index contributed by atoms with van der Waals surface area (Å²) in [4.78, 5) is 23.7. The molecule has 0 saturated heterocycles. The summed E-state index contributed by atoms with van der Waals surface area (Å²) in [5.74, 6) is -1.83. The molecule has 1 heterocycles. The Morgan fingerprint density at radius 3 is 2.57 bits per heavy atom. The zero-order valence-electron chi connectivity index (χ0n) is 15.5. The van der Waals surface area contributed by atoms with Crippen molar-refractivity contribution in [3.05, 3.63) is 46.8 Å². The summed E-state index contributed by atoms with van der Waals surface area (Å²) in [6.45, 7) is 3.19. The predicted octanol–water partition coefficient (Wildman–Crippen LogP) is 2.79. The zero-order valence-corrected chi connectivity index (χ0v) is 15.5. The first kappa shape index (κ1) is 21.4. The van der Waals surface area contributed by atoms with E-state index in [1.807, 2.05) is 0 Å². The summed E-state index contributed by atoms with van der Waals surface area (Å²) < 4.78 is 45.0. The number of halogens is 3. The molecule has 0 aliphatic carbocycles. The van der Waals surface area contributed by atoms with Gasteiger partial charge >= 0.3 is 12.1 Å². The number of aliphatic carboxylic acids is 1. The van der Waals surface area contributed by atoms with Gasteiger partial charge in [-0.15, -0.1) is 0 Å². The summed E-state index contributed by atoms with van der Waals surface area (Å²) in [6.07, 6.45) is -4.55. The van der Waals surface area contributed by atoms with E-state index in [0.717, 1.165) is 12.1 Å². The normalized spacial score (nSPS) is 12.6. The standard InChI is InChI=1S/C18H20F3N3O4/c1-10-15(16(17(26)27)22-14(25)7-8-28-3)11(2)24(23-10)13-6-4-5-12(9-13)18(19,20)21/h4-6,9,16H,7-8H2,1-3H3,(H,22,25)(H,26,27). The van der Waals surface area contributed by atoms with Gasteiger partial charge in [-0.1, -0.05) is 6.07 Å². The third-order valence-corrected chi connectivity index (χ3v) is 4.14. The van der Waals surface area contributed by atoms with Crippen molar-refractivity contribution in [3.63, 3.8) is 0 Å². The van der Waals surface area contributed by atoms with E-state index in [2.05, 4.69) is 10.4 Å². The number of ether oxygens (including phenoxy) is 1. The number of aromatic nitrogens is 2. The van der Waals surface area contributed by atoms with E-state index in [9.17, 15) is 27.9 Å². The maximum atomic E-state index is 13.0. The van der Waals surface area contributed by atoms with Crippen LogP contribution in [0.3, 0.4) is 0 Å². The van der Waals surface area contributed by atoms with Gasteiger partial charge in [0.05, 0.1) is 23.6 Å². The first-order valence-corrected chi connectivity index (χ1v) is 8.31. The fourth-order valence-corrected chi connectivity index (χ4v) is 2.82. The van der Waals surface area contributed by atoms with Gasteiger partial charge in [0.1, 0.15) is 0 Å². The Balaban J connectivity index is 2.44. The van der Waals surface area contributed by atoms with Crippen LogP contribution in [0.15, 0.2) is 24.3 Å². The maximum Gasteiger partial charge on any atom is 0.416 e. The number of rotatable bonds is 7. The van der Waals surface area contributed by atoms with Gasteiger partial charge in [-0.05, 0) is 32.0 Å². The van der Waals surface area contributed by atoms with Gasteiger partial charge in [-0.2, -0.15) is 18.3 Å². The molecule has 1 aromatic heterocycles. The van der Waals surface area contributed by atoms with Crippen molar-refractivity contribution in [1.82, 2.24) is 15.1 Å². The molecule has 1 atom stereocenters. The third-order valence-electron chi connectivity index (χ3n) is 4.14. The number of carbonyl (C=O) groups is 2. The summed E-state index contributed by atoms with van der Waals surface area (Å²) in [6, 6.07) is 3.16. The molecule has 1 unspecified atom stereocenters. The third kappa shape index (κ3) is 4.69. The largest absolute Gasteiger partial charge is 0.479 e. The number of alkyl halides is 3. The molecule has 0 saturated carbocycles. The molecular weight excluding hydrogens is 379 g/mol. The predicted molar refractivity (Wildman–Crippen MR) is 93.1 cm³/mol. The average Bonchev–Trinajstić information content (AvgIpc) is 2.91. The van der Waals surface area contributed by atoms with Crippen LogP contribution in [0, 0.1) is 13.8 Å². The molecule has 152 valence electrons. The van der Waals surface area contributed by atoms with Gasteiger partial charge in [0.2, 0.25) is 5.91 Å². The highest BCUT2D eigenvalue weighted by Gasteiger charge is 2.32. The maximum absolute atomic E-state index is 13.0. The van der Waals surface area contributed by atoms with Crippen LogP contribution in [-0.4, -0.2) is 40.5 Å². The van der Waals surface area contributed by atoms with Crippen molar-refractivity contribution < 1.29 is 32.6 Å². The molecule has 1 amide bonds. The van der Waals surface area contributed by atoms with Crippen molar-refractivity contribution in [1.29, 1.82) is 0 Å². The average molecular weight is 399 g/mol. The van der Waals surface area contributed by atoms with Crippen molar-refractivity contribution in [2.24, 2.45) is 0 Å². The quantitative estimate of drug-likeness (QED) is 0.747. The Bertz CT molecular complexity index is 877. The number of carboxylic acid groups (broad SMARTS) is 1. The number of carboxylic acids is 1. The van der Waals surface area contributed by atoms with E-state index in [-0.39, 0.29) is 30.0 Å². The Kier molecular flexibility index (Phi) is 6.45. The second-order valence-electron chi connectivity index (χ2n) is 6.13. The SMILES string of the molecule is COCCC(=O)NC(C(=O)O)c1c(C)nn(-c2cccc(C(F)(F)F)c2)c1C. The molecule has 28 heavy (non-hydrogen) atoms. The van der Waals surface area contributed by atoms with Crippen molar-refractivity contribution in [2.45, 2.75) is 32.5 Å². The molecule has 10 heteroatoms. The highest BCUT2D eigenvalue weighted by molar-refractivity contribution is 5.85. The van der Waals surface area contributed by atoms with Gasteiger partial charge in [-0.25, -0.2) is 9.48 Å². The van der Waals surface area contributed by atoms with Gasteiger partial charge in [0.15, 0.2) is 6.04 Å². The minimum atomic E-state index is -4.52. The van der Waals surface area contributed by atoms with Gasteiger partial charge in [0.25, 0.3) is 0 Å². The summed E-state index contributed by atoms with van der Waals surface area (Å²) >= 11 is 0. The molecule has 0 aliphatic heterocycles. The smallest absolute Gasteiger partial charge is 0.416 e. The Morgan fingerprint density at radius 2 is 2.00 bits per heavy atom. The van der Waals surface area contributed by atoms with Crippen LogP contribution < -0.4 is 5.32 Å².